The number of aryl methyl sites for hydroxylation is 2. The number of benzene rings is 1. The van der Waals surface area contributed by atoms with E-state index in [4.69, 9.17) is 4.98 Å². The highest BCUT2D eigenvalue weighted by molar-refractivity contribution is 5.79. The highest BCUT2D eigenvalue weighted by Crippen LogP contribution is 2.23. The van der Waals surface area contributed by atoms with Crippen molar-refractivity contribution >= 4 is 11.7 Å². The maximum Gasteiger partial charge on any atom is 0.225 e. The van der Waals surface area contributed by atoms with Gasteiger partial charge in [0.25, 0.3) is 0 Å². The third-order valence-corrected chi connectivity index (χ3v) is 5.78. The molecule has 0 bridgehead atoms. The number of amides is 1. The number of nitrogens with zero attached hydrogens (tertiary/aromatic N) is 4. The van der Waals surface area contributed by atoms with Gasteiger partial charge in [0.05, 0.1) is 0 Å². The molecule has 1 aromatic heterocycles. The Morgan fingerprint density at radius 2 is 1.83 bits per heavy atom. The van der Waals surface area contributed by atoms with Crippen LogP contribution < -0.4 is 4.90 Å². The van der Waals surface area contributed by atoms with Gasteiger partial charge < -0.3 is 9.80 Å². The first-order valence-corrected chi connectivity index (χ1v) is 11.0. The van der Waals surface area contributed by atoms with Crippen LogP contribution in [0.4, 0.5) is 5.82 Å². The van der Waals surface area contributed by atoms with Crippen LogP contribution in [-0.4, -0.2) is 47.0 Å². The number of hydrogen-bond donors (Lipinski definition) is 0. The van der Waals surface area contributed by atoms with E-state index >= 15 is 0 Å². The molecule has 0 aliphatic carbocycles. The van der Waals surface area contributed by atoms with Crippen molar-refractivity contribution in [2.45, 2.75) is 53.4 Å². The first kappa shape index (κ1) is 21.3. The van der Waals surface area contributed by atoms with Crippen molar-refractivity contribution in [3.8, 4) is 11.4 Å². The molecule has 1 atom stereocenters. The normalized spacial score (nSPS) is 15.4. The summed E-state index contributed by atoms with van der Waals surface area (Å²) in [6.45, 7) is 11.6. The monoisotopic (exact) mass is 394 g/mol. The van der Waals surface area contributed by atoms with Crippen LogP contribution in [0.1, 0.15) is 50.8 Å². The number of hydrogen-bond acceptors (Lipinski definition) is 4. The van der Waals surface area contributed by atoms with Crippen molar-refractivity contribution in [2.24, 2.45) is 5.92 Å². The predicted molar refractivity (Wildman–Crippen MR) is 119 cm³/mol. The van der Waals surface area contributed by atoms with Crippen molar-refractivity contribution in [3.63, 3.8) is 0 Å². The van der Waals surface area contributed by atoms with Gasteiger partial charge in [-0.2, -0.15) is 0 Å². The molecule has 1 saturated heterocycles. The molecule has 0 N–H and O–H groups in total. The second kappa shape index (κ2) is 9.86. The lowest BCUT2D eigenvalue weighted by atomic mass is 9.97. The molecule has 0 saturated carbocycles. The lowest BCUT2D eigenvalue weighted by Crippen LogP contribution is -2.50. The third kappa shape index (κ3) is 5.34. The lowest BCUT2D eigenvalue weighted by Gasteiger charge is -2.37. The molecule has 5 heteroatoms. The average Bonchev–Trinajstić information content (AvgIpc) is 2.74. The summed E-state index contributed by atoms with van der Waals surface area (Å²) in [5.74, 6) is 2.24. The molecule has 2 aromatic rings. The van der Waals surface area contributed by atoms with E-state index in [1.54, 1.807) is 0 Å². The molecule has 156 valence electrons. The zero-order valence-corrected chi connectivity index (χ0v) is 18.3. The molecule has 0 unspecified atom stereocenters. The van der Waals surface area contributed by atoms with E-state index in [9.17, 15) is 4.79 Å². The predicted octanol–water partition coefficient (Wildman–Crippen LogP) is 4.63. The van der Waals surface area contributed by atoms with E-state index < -0.39 is 0 Å². The van der Waals surface area contributed by atoms with Crippen LogP contribution in [0.25, 0.3) is 11.4 Å². The maximum absolute atomic E-state index is 12.9. The molecule has 2 heterocycles. The number of rotatable bonds is 7. The highest BCUT2D eigenvalue weighted by Gasteiger charge is 2.26. The molecule has 1 aliphatic rings. The average molecular weight is 395 g/mol. The Labute approximate surface area is 175 Å². The van der Waals surface area contributed by atoms with Crippen molar-refractivity contribution in [3.05, 3.63) is 41.6 Å². The van der Waals surface area contributed by atoms with Gasteiger partial charge in [-0.15, -0.1) is 0 Å². The van der Waals surface area contributed by atoms with Gasteiger partial charge in [0.2, 0.25) is 5.91 Å². The summed E-state index contributed by atoms with van der Waals surface area (Å²) in [5, 5.41) is 0. The zero-order valence-electron chi connectivity index (χ0n) is 18.3. The Morgan fingerprint density at radius 1 is 1.07 bits per heavy atom. The number of aromatic nitrogens is 2. The summed E-state index contributed by atoms with van der Waals surface area (Å²) in [7, 11) is 0. The van der Waals surface area contributed by atoms with E-state index in [0.717, 1.165) is 74.8 Å². The van der Waals surface area contributed by atoms with Crippen LogP contribution >= 0.6 is 0 Å². The summed E-state index contributed by atoms with van der Waals surface area (Å²) in [4.78, 5) is 26.7. The second-order valence-electron chi connectivity index (χ2n) is 8.12. The Hall–Kier alpha value is -2.43. The first-order chi connectivity index (χ1) is 14.0. The number of carbonyl (C=O) groups is 1. The number of anilines is 1. The number of piperazine rings is 1. The fourth-order valence-electron chi connectivity index (χ4n) is 3.99. The summed E-state index contributed by atoms with van der Waals surface area (Å²) < 4.78 is 0. The molecule has 5 nitrogen and oxygen atoms in total. The van der Waals surface area contributed by atoms with Crippen LogP contribution in [0.5, 0.6) is 0 Å². The molecule has 1 amide bonds. The molecule has 1 aliphatic heterocycles. The van der Waals surface area contributed by atoms with Crippen LogP contribution in [0.15, 0.2) is 30.3 Å². The van der Waals surface area contributed by atoms with Gasteiger partial charge in [-0.1, -0.05) is 50.5 Å². The smallest absolute Gasteiger partial charge is 0.225 e. The third-order valence-electron chi connectivity index (χ3n) is 5.78. The highest BCUT2D eigenvalue weighted by atomic mass is 16.2. The summed E-state index contributed by atoms with van der Waals surface area (Å²) >= 11 is 0. The molecule has 0 radical (unpaired) electrons. The number of unbranched alkanes of at least 4 members (excludes halogenated alkanes) is 1. The molecule has 1 fully saturated rings. The Bertz CT molecular complexity index is 827. The van der Waals surface area contributed by atoms with Crippen LogP contribution in [0.3, 0.4) is 0 Å². The largest absolute Gasteiger partial charge is 0.353 e. The van der Waals surface area contributed by atoms with Gasteiger partial charge in [0.15, 0.2) is 5.82 Å². The lowest BCUT2D eigenvalue weighted by molar-refractivity contribution is -0.136. The Balaban J connectivity index is 1.68. The molecule has 3 rings (SSSR count). The minimum Gasteiger partial charge on any atom is -0.353 e. The Morgan fingerprint density at radius 3 is 2.48 bits per heavy atom. The molecule has 0 spiro atoms. The van der Waals surface area contributed by atoms with E-state index in [-0.39, 0.29) is 5.92 Å². The fraction of sp³-hybridized carbons (Fsp3) is 0.542. The standard InChI is InChI=1S/C24H34N4O/c1-5-7-10-20(6-2)24(29)28-14-12-27(13-15-28)22-17-19(4)25-23(26-22)21-11-8-9-18(3)16-21/h8-9,11,16-17,20H,5-7,10,12-15H2,1-4H3/t20-/m1/s1. The summed E-state index contributed by atoms with van der Waals surface area (Å²) in [6.07, 6.45) is 4.22. The van der Waals surface area contributed by atoms with Gasteiger partial charge in [-0.05, 0) is 32.8 Å². The van der Waals surface area contributed by atoms with Crippen LogP contribution in [-0.2, 0) is 4.79 Å². The molecule has 1 aromatic carbocycles. The van der Waals surface area contributed by atoms with E-state index in [1.807, 2.05) is 19.1 Å². The SMILES string of the molecule is CCCC[C@@H](CC)C(=O)N1CCN(c2cc(C)nc(-c3cccc(C)c3)n2)CC1. The number of carbonyl (C=O) groups excluding carboxylic acids is 1. The molecule has 29 heavy (non-hydrogen) atoms. The van der Waals surface area contributed by atoms with Gasteiger partial charge >= 0.3 is 0 Å². The van der Waals surface area contributed by atoms with Crippen molar-refractivity contribution in [1.29, 1.82) is 0 Å². The van der Waals surface area contributed by atoms with Gasteiger partial charge in [-0.25, -0.2) is 9.97 Å². The summed E-state index contributed by atoms with van der Waals surface area (Å²) in [6, 6.07) is 10.4. The zero-order chi connectivity index (χ0) is 20.8. The molecular weight excluding hydrogens is 360 g/mol. The van der Waals surface area contributed by atoms with E-state index in [1.165, 1.54) is 5.56 Å². The van der Waals surface area contributed by atoms with Gasteiger partial charge in [-0.3, -0.25) is 4.79 Å². The van der Waals surface area contributed by atoms with Crippen molar-refractivity contribution in [2.75, 3.05) is 31.1 Å². The summed E-state index contributed by atoms with van der Waals surface area (Å²) in [5.41, 5.74) is 3.22. The fourth-order valence-corrected chi connectivity index (χ4v) is 3.99. The quantitative estimate of drug-likeness (QED) is 0.687. The maximum atomic E-state index is 12.9. The van der Waals surface area contributed by atoms with Crippen molar-refractivity contribution in [1.82, 2.24) is 14.9 Å². The topological polar surface area (TPSA) is 49.3 Å². The van der Waals surface area contributed by atoms with Crippen molar-refractivity contribution < 1.29 is 4.79 Å². The minimum absolute atomic E-state index is 0.177. The van der Waals surface area contributed by atoms with Crippen LogP contribution in [0.2, 0.25) is 0 Å². The molecular formula is C24H34N4O. The van der Waals surface area contributed by atoms with Gasteiger partial charge in [0.1, 0.15) is 5.82 Å². The second-order valence-corrected chi connectivity index (χ2v) is 8.12. The Kier molecular flexibility index (Phi) is 7.24. The van der Waals surface area contributed by atoms with Gasteiger partial charge in [0, 0.05) is 49.4 Å². The van der Waals surface area contributed by atoms with E-state index in [2.05, 4.69) is 53.8 Å². The van der Waals surface area contributed by atoms with E-state index in [0.29, 0.717) is 5.91 Å². The van der Waals surface area contributed by atoms with Crippen LogP contribution in [0, 0.1) is 19.8 Å². The minimum atomic E-state index is 0.177. The first-order valence-electron chi connectivity index (χ1n) is 11.0.